The van der Waals surface area contributed by atoms with Crippen molar-refractivity contribution in [2.75, 3.05) is 26.7 Å². The molecule has 2 aromatic carbocycles. The zero-order valence-corrected chi connectivity index (χ0v) is 12.5. The molecular formula is C18H22N2O. The SMILES string of the molecule is CNCC1CCN(C(=O)c2ccc3ccccc3c2)CC1. The first-order valence-electron chi connectivity index (χ1n) is 7.70. The van der Waals surface area contributed by atoms with E-state index in [0.29, 0.717) is 5.92 Å². The molecule has 0 radical (unpaired) electrons. The highest BCUT2D eigenvalue weighted by atomic mass is 16.2. The number of likely N-dealkylation sites (tertiary alicyclic amines) is 1. The lowest BCUT2D eigenvalue weighted by Gasteiger charge is -2.32. The standard InChI is InChI=1S/C18H22N2O/c1-19-13-14-8-10-20(11-9-14)18(21)17-7-6-15-4-2-3-5-16(15)12-17/h2-7,12,14,19H,8-11,13H2,1H3. The molecule has 21 heavy (non-hydrogen) atoms. The lowest BCUT2D eigenvalue weighted by Crippen LogP contribution is -2.40. The van der Waals surface area contributed by atoms with Gasteiger partial charge in [0.25, 0.3) is 5.91 Å². The molecule has 0 aliphatic carbocycles. The Morgan fingerprint density at radius 3 is 2.57 bits per heavy atom. The van der Waals surface area contributed by atoms with Gasteiger partial charge < -0.3 is 10.2 Å². The highest BCUT2D eigenvalue weighted by molar-refractivity contribution is 5.98. The third kappa shape index (κ3) is 3.08. The summed E-state index contributed by atoms with van der Waals surface area (Å²) < 4.78 is 0. The van der Waals surface area contributed by atoms with Crippen LogP contribution in [0.1, 0.15) is 23.2 Å². The molecule has 3 heteroatoms. The Labute approximate surface area is 125 Å². The van der Waals surface area contributed by atoms with Crippen molar-refractivity contribution < 1.29 is 4.79 Å². The van der Waals surface area contributed by atoms with E-state index < -0.39 is 0 Å². The fourth-order valence-electron chi connectivity index (χ4n) is 3.13. The van der Waals surface area contributed by atoms with Crippen LogP contribution in [0.25, 0.3) is 10.8 Å². The Morgan fingerprint density at radius 2 is 1.86 bits per heavy atom. The Bertz CT molecular complexity index is 630. The second kappa shape index (κ2) is 6.27. The molecule has 1 aliphatic heterocycles. The van der Waals surface area contributed by atoms with Crippen LogP contribution >= 0.6 is 0 Å². The molecule has 0 aromatic heterocycles. The molecule has 3 nitrogen and oxygen atoms in total. The summed E-state index contributed by atoms with van der Waals surface area (Å²) in [7, 11) is 1.99. The van der Waals surface area contributed by atoms with Gasteiger partial charge in [-0.15, -0.1) is 0 Å². The highest BCUT2D eigenvalue weighted by Gasteiger charge is 2.23. The predicted octanol–water partition coefficient (Wildman–Crippen LogP) is 2.91. The fraction of sp³-hybridized carbons (Fsp3) is 0.389. The molecule has 2 aromatic rings. The Balaban J connectivity index is 1.72. The van der Waals surface area contributed by atoms with E-state index in [1.54, 1.807) is 0 Å². The number of carbonyl (C=O) groups excluding carboxylic acids is 1. The molecule has 0 atom stereocenters. The molecule has 1 fully saturated rings. The molecule has 1 heterocycles. The van der Waals surface area contributed by atoms with E-state index in [9.17, 15) is 4.79 Å². The van der Waals surface area contributed by atoms with E-state index in [1.165, 1.54) is 5.39 Å². The summed E-state index contributed by atoms with van der Waals surface area (Å²) in [6, 6.07) is 14.2. The van der Waals surface area contributed by atoms with Crippen molar-refractivity contribution >= 4 is 16.7 Å². The topological polar surface area (TPSA) is 32.3 Å². The molecule has 1 N–H and O–H groups in total. The van der Waals surface area contributed by atoms with E-state index in [-0.39, 0.29) is 5.91 Å². The van der Waals surface area contributed by atoms with E-state index in [2.05, 4.69) is 17.4 Å². The molecule has 110 valence electrons. The number of hydrogen-bond acceptors (Lipinski definition) is 2. The van der Waals surface area contributed by atoms with Crippen LogP contribution in [0, 0.1) is 5.92 Å². The van der Waals surface area contributed by atoms with E-state index in [1.807, 2.05) is 42.3 Å². The third-order valence-electron chi connectivity index (χ3n) is 4.39. The molecule has 1 amide bonds. The lowest BCUT2D eigenvalue weighted by molar-refractivity contribution is 0.0691. The van der Waals surface area contributed by atoms with Crippen molar-refractivity contribution in [3.8, 4) is 0 Å². The lowest BCUT2D eigenvalue weighted by atomic mass is 9.96. The van der Waals surface area contributed by atoms with Crippen molar-refractivity contribution in [3.63, 3.8) is 0 Å². The third-order valence-corrected chi connectivity index (χ3v) is 4.39. The molecule has 0 saturated carbocycles. The van der Waals surface area contributed by atoms with Crippen LogP contribution in [-0.2, 0) is 0 Å². The van der Waals surface area contributed by atoms with Gasteiger partial charge in [0.1, 0.15) is 0 Å². The minimum atomic E-state index is 0.170. The second-order valence-electron chi connectivity index (χ2n) is 5.86. The Kier molecular flexibility index (Phi) is 4.20. The summed E-state index contributed by atoms with van der Waals surface area (Å²) in [4.78, 5) is 14.6. The van der Waals surface area contributed by atoms with Crippen LogP contribution < -0.4 is 5.32 Å². The van der Waals surface area contributed by atoms with Gasteiger partial charge in [0.05, 0.1) is 0 Å². The first-order valence-corrected chi connectivity index (χ1v) is 7.70. The van der Waals surface area contributed by atoms with Gasteiger partial charge in [-0.05, 0) is 55.3 Å². The maximum absolute atomic E-state index is 12.6. The quantitative estimate of drug-likeness (QED) is 0.939. The average molecular weight is 282 g/mol. The monoisotopic (exact) mass is 282 g/mol. The Hall–Kier alpha value is -1.87. The number of rotatable bonds is 3. The van der Waals surface area contributed by atoms with Crippen LogP contribution in [0.5, 0.6) is 0 Å². The molecular weight excluding hydrogens is 260 g/mol. The summed E-state index contributed by atoms with van der Waals surface area (Å²) in [6.07, 6.45) is 2.19. The van der Waals surface area contributed by atoms with Gasteiger partial charge >= 0.3 is 0 Å². The van der Waals surface area contributed by atoms with Crippen molar-refractivity contribution in [2.24, 2.45) is 5.92 Å². The average Bonchev–Trinajstić information content (AvgIpc) is 2.55. The molecule has 1 saturated heterocycles. The smallest absolute Gasteiger partial charge is 0.253 e. The normalized spacial score (nSPS) is 16.3. The van der Waals surface area contributed by atoms with Crippen LogP contribution in [0.15, 0.2) is 42.5 Å². The van der Waals surface area contributed by atoms with Gasteiger partial charge in [0, 0.05) is 18.7 Å². The number of benzene rings is 2. The second-order valence-corrected chi connectivity index (χ2v) is 5.86. The number of piperidine rings is 1. The van der Waals surface area contributed by atoms with Gasteiger partial charge in [-0.3, -0.25) is 4.79 Å². The number of amides is 1. The van der Waals surface area contributed by atoms with E-state index in [0.717, 1.165) is 43.4 Å². The number of carbonyl (C=O) groups is 1. The molecule has 0 spiro atoms. The largest absolute Gasteiger partial charge is 0.339 e. The van der Waals surface area contributed by atoms with Crippen molar-refractivity contribution in [3.05, 3.63) is 48.0 Å². The van der Waals surface area contributed by atoms with Gasteiger partial charge in [-0.2, -0.15) is 0 Å². The fourth-order valence-corrected chi connectivity index (χ4v) is 3.13. The number of hydrogen-bond donors (Lipinski definition) is 1. The minimum absolute atomic E-state index is 0.170. The number of nitrogens with one attached hydrogen (secondary N) is 1. The zero-order valence-electron chi connectivity index (χ0n) is 12.5. The molecule has 1 aliphatic rings. The van der Waals surface area contributed by atoms with Crippen LogP contribution in [0.4, 0.5) is 0 Å². The summed E-state index contributed by atoms with van der Waals surface area (Å²) in [6.45, 7) is 2.80. The Morgan fingerprint density at radius 1 is 1.14 bits per heavy atom. The zero-order chi connectivity index (χ0) is 14.7. The summed E-state index contributed by atoms with van der Waals surface area (Å²) >= 11 is 0. The van der Waals surface area contributed by atoms with Crippen molar-refractivity contribution in [2.45, 2.75) is 12.8 Å². The number of fused-ring (bicyclic) bond motifs is 1. The van der Waals surface area contributed by atoms with Crippen molar-refractivity contribution in [1.29, 1.82) is 0 Å². The van der Waals surface area contributed by atoms with E-state index >= 15 is 0 Å². The first-order chi connectivity index (χ1) is 10.3. The summed E-state index contributed by atoms with van der Waals surface area (Å²) in [5.74, 6) is 0.874. The van der Waals surface area contributed by atoms with Crippen LogP contribution in [0.2, 0.25) is 0 Å². The number of nitrogens with zero attached hydrogens (tertiary/aromatic N) is 1. The highest BCUT2D eigenvalue weighted by Crippen LogP contribution is 2.21. The van der Waals surface area contributed by atoms with E-state index in [4.69, 9.17) is 0 Å². The van der Waals surface area contributed by atoms with Crippen LogP contribution in [-0.4, -0.2) is 37.5 Å². The predicted molar refractivity (Wildman–Crippen MR) is 86.5 cm³/mol. The molecule has 0 bridgehead atoms. The summed E-state index contributed by atoms with van der Waals surface area (Å²) in [5.41, 5.74) is 0.806. The summed E-state index contributed by atoms with van der Waals surface area (Å²) in [5, 5.41) is 5.54. The van der Waals surface area contributed by atoms with Gasteiger partial charge in [-0.1, -0.05) is 30.3 Å². The van der Waals surface area contributed by atoms with Crippen LogP contribution in [0.3, 0.4) is 0 Å². The van der Waals surface area contributed by atoms with Crippen molar-refractivity contribution in [1.82, 2.24) is 10.2 Å². The maximum Gasteiger partial charge on any atom is 0.253 e. The molecule has 3 rings (SSSR count). The van der Waals surface area contributed by atoms with Gasteiger partial charge in [0.15, 0.2) is 0 Å². The maximum atomic E-state index is 12.6. The van der Waals surface area contributed by atoms with Gasteiger partial charge in [-0.25, -0.2) is 0 Å². The first kappa shape index (κ1) is 14.1. The molecule has 0 unspecified atom stereocenters. The minimum Gasteiger partial charge on any atom is -0.339 e. The van der Waals surface area contributed by atoms with Gasteiger partial charge in [0.2, 0.25) is 0 Å².